The number of aliphatic carboxylic acids is 1. The number of para-hydroxylation sites is 2. The second kappa shape index (κ2) is 6.46. The smallest absolute Gasteiger partial charge is 0.308 e. The lowest BCUT2D eigenvalue weighted by Gasteiger charge is -2.29. The normalized spacial score (nSPS) is 16.3. The molecule has 2 amide bonds. The number of fused-ring (bicyclic) bond motifs is 1. The summed E-state index contributed by atoms with van der Waals surface area (Å²) < 4.78 is 5.30. The molecular formula is C15H18N2O5. The Bertz CT molecular complexity index is 601. The molecule has 1 aromatic rings. The summed E-state index contributed by atoms with van der Waals surface area (Å²) >= 11 is 0. The quantitative estimate of drug-likeness (QED) is 0.832. The lowest BCUT2D eigenvalue weighted by Crippen LogP contribution is -2.48. The Labute approximate surface area is 127 Å². The standard InChI is InChI=1S/C15H18N2O5/c1-9(15(20)21)10(2)16-13(18)7-17-11-5-3-4-6-12(11)22-8-14(17)19/h3-6,9-10H,7-8H2,1-2H3,(H,16,18)(H,20,21). The van der Waals surface area contributed by atoms with Gasteiger partial charge >= 0.3 is 5.97 Å². The SMILES string of the molecule is CC(NC(=O)CN1C(=O)COc2ccccc21)C(C)C(=O)O. The monoisotopic (exact) mass is 306 g/mol. The number of nitrogens with zero attached hydrogens (tertiary/aromatic N) is 1. The van der Waals surface area contributed by atoms with Gasteiger partial charge in [0.25, 0.3) is 5.91 Å². The number of carbonyl (C=O) groups excluding carboxylic acids is 2. The highest BCUT2D eigenvalue weighted by molar-refractivity contribution is 6.02. The molecule has 0 saturated carbocycles. The zero-order valence-corrected chi connectivity index (χ0v) is 12.4. The van der Waals surface area contributed by atoms with Crippen LogP contribution in [0.5, 0.6) is 5.75 Å². The summed E-state index contributed by atoms with van der Waals surface area (Å²) in [7, 11) is 0. The van der Waals surface area contributed by atoms with Crippen LogP contribution in [0, 0.1) is 5.92 Å². The van der Waals surface area contributed by atoms with Gasteiger partial charge in [-0.25, -0.2) is 0 Å². The topological polar surface area (TPSA) is 95.9 Å². The van der Waals surface area contributed by atoms with Gasteiger partial charge in [0, 0.05) is 6.04 Å². The number of amides is 2. The molecule has 118 valence electrons. The molecule has 7 nitrogen and oxygen atoms in total. The van der Waals surface area contributed by atoms with E-state index in [1.165, 1.54) is 11.8 Å². The summed E-state index contributed by atoms with van der Waals surface area (Å²) in [4.78, 5) is 36.2. The maximum atomic E-state index is 12.1. The van der Waals surface area contributed by atoms with Crippen LogP contribution in [0.25, 0.3) is 0 Å². The number of anilines is 1. The summed E-state index contributed by atoms with van der Waals surface area (Å²) in [6, 6.07) is 6.42. The number of nitrogens with one attached hydrogen (secondary N) is 1. The van der Waals surface area contributed by atoms with Crippen LogP contribution in [0.1, 0.15) is 13.8 Å². The summed E-state index contributed by atoms with van der Waals surface area (Å²) in [6.45, 7) is 2.84. The van der Waals surface area contributed by atoms with Crippen molar-refractivity contribution in [1.82, 2.24) is 5.32 Å². The lowest BCUT2D eigenvalue weighted by molar-refractivity contribution is -0.142. The largest absolute Gasteiger partial charge is 0.482 e. The van der Waals surface area contributed by atoms with E-state index in [2.05, 4.69) is 5.32 Å². The van der Waals surface area contributed by atoms with Crippen LogP contribution in [0.4, 0.5) is 5.69 Å². The van der Waals surface area contributed by atoms with Crippen molar-refractivity contribution in [3.63, 3.8) is 0 Å². The summed E-state index contributed by atoms with van der Waals surface area (Å²) in [5.41, 5.74) is 0.535. The Kier molecular flexibility index (Phi) is 4.65. The number of hydrogen-bond donors (Lipinski definition) is 2. The molecule has 0 aliphatic carbocycles. The van der Waals surface area contributed by atoms with E-state index < -0.39 is 23.8 Å². The molecular weight excluding hydrogens is 288 g/mol. The molecule has 1 aromatic carbocycles. The minimum atomic E-state index is -0.986. The molecule has 0 bridgehead atoms. The van der Waals surface area contributed by atoms with Gasteiger partial charge in [0.15, 0.2) is 6.61 Å². The molecule has 0 spiro atoms. The molecule has 0 fully saturated rings. The van der Waals surface area contributed by atoms with Crippen LogP contribution in [0.3, 0.4) is 0 Å². The number of ether oxygens (including phenoxy) is 1. The zero-order chi connectivity index (χ0) is 16.3. The van der Waals surface area contributed by atoms with Crippen molar-refractivity contribution >= 4 is 23.5 Å². The lowest BCUT2D eigenvalue weighted by atomic mass is 10.0. The second-order valence-corrected chi connectivity index (χ2v) is 5.22. The van der Waals surface area contributed by atoms with Crippen molar-refractivity contribution in [3.8, 4) is 5.75 Å². The van der Waals surface area contributed by atoms with E-state index >= 15 is 0 Å². The Morgan fingerprint density at radius 3 is 2.73 bits per heavy atom. The third-order valence-electron chi connectivity index (χ3n) is 3.64. The fourth-order valence-corrected chi connectivity index (χ4v) is 2.11. The van der Waals surface area contributed by atoms with Crippen molar-refractivity contribution in [2.45, 2.75) is 19.9 Å². The molecule has 2 unspecified atom stereocenters. The van der Waals surface area contributed by atoms with Crippen LogP contribution in [-0.4, -0.2) is 42.1 Å². The van der Waals surface area contributed by atoms with E-state index in [4.69, 9.17) is 9.84 Å². The number of carboxylic acid groups (broad SMARTS) is 1. The van der Waals surface area contributed by atoms with Crippen LogP contribution in [-0.2, 0) is 14.4 Å². The van der Waals surface area contributed by atoms with Gasteiger partial charge in [0.05, 0.1) is 11.6 Å². The minimum absolute atomic E-state index is 0.120. The Morgan fingerprint density at radius 2 is 2.05 bits per heavy atom. The molecule has 1 aliphatic rings. The highest BCUT2D eigenvalue weighted by atomic mass is 16.5. The fourth-order valence-electron chi connectivity index (χ4n) is 2.11. The molecule has 0 radical (unpaired) electrons. The molecule has 2 N–H and O–H groups in total. The van der Waals surface area contributed by atoms with E-state index in [0.717, 1.165) is 0 Å². The molecule has 22 heavy (non-hydrogen) atoms. The van der Waals surface area contributed by atoms with E-state index in [0.29, 0.717) is 11.4 Å². The Hall–Kier alpha value is -2.57. The maximum absolute atomic E-state index is 12.1. The molecule has 0 aromatic heterocycles. The number of benzene rings is 1. The van der Waals surface area contributed by atoms with Crippen LogP contribution >= 0.6 is 0 Å². The first-order chi connectivity index (χ1) is 10.4. The van der Waals surface area contributed by atoms with E-state index in [-0.39, 0.29) is 19.1 Å². The number of hydrogen-bond acceptors (Lipinski definition) is 4. The van der Waals surface area contributed by atoms with Crippen LogP contribution < -0.4 is 15.0 Å². The Balaban J connectivity index is 2.05. The summed E-state index contributed by atoms with van der Waals surface area (Å²) in [6.07, 6.45) is 0. The molecule has 1 heterocycles. The van der Waals surface area contributed by atoms with E-state index in [9.17, 15) is 14.4 Å². The van der Waals surface area contributed by atoms with E-state index in [1.807, 2.05) is 0 Å². The van der Waals surface area contributed by atoms with Crippen molar-refractivity contribution in [3.05, 3.63) is 24.3 Å². The van der Waals surface area contributed by atoms with Crippen LogP contribution in [0.15, 0.2) is 24.3 Å². The zero-order valence-electron chi connectivity index (χ0n) is 12.4. The number of carboxylic acids is 1. The van der Waals surface area contributed by atoms with Gasteiger partial charge in [-0.1, -0.05) is 12.1 Å². The van der Waals surface area contributed by atoms with Crippen LogP contribution in [0.2, 0.25) is 0 Å². The van der Waals surface area contributed by atoms with Gasteiger partial charge in [-0.15, -0.1) is 0 Å². The van der Waals surface area contributed by atoms with Crippen molar-refractivity contribution in [2.75, 3.05) is 18.1 Å². The Morgan fingerprint density at radius 1 is 1.36 bits per heavy atom. The first-order valence-corrected chi connectivity index (χ1v) is 6.94. The highest BCUT2D eigenvalue weighted by Crippen LogP contribution is 2.31. The molecule has 1 aliphatic heterocycles. The predicted molar refractivity (Wildman–Crippen MR) is 78.7 cm³/mol. The van der Waals surface area contributed by atoms with Gasteiger partial charge in [0.1, 0.15) is 12.3 Å². The van der Waals surface area contributed by atoms with E-state index in [1.54, 1.807) is 31.2 Å². The van der Waals surface area contributed by atoms with Gasteiger partial charge < -0.3 is 15.2 Å². The average molecular weight is 306 g/mol. The molecule has 0 saturated heterocycles. The summed E-state index contributed by atoms with van der Waals surface area (Å²) in [5, 5.41) is 11.5. The highest BCUT2D eigenvalue weighted by Gasteiger charge is 2.28. The first-order valence-electron chi connectivity index (χ1n) is 6.94. The van der Waals surface area contributed by atoms with Crippen molar-refractivity contribution in [2.24, 2.45) is 5.92 Å². The molecule has 2 rings (SSSR count). The van der Waals surface area contributed by atoms with Gasteiger partial charge in [-0.2, -0.15) is 0 Å². The second-order valence-electron chi connectivity index (χ2n) is 5.22. The average Bonchev–Trinajstić information content (AvgIpc) is 2.49. The van der Waals surface area contributed by atoms with Crippen molar-refractivity contribution < 1.29 is 24.2 Å². The number of carbonyl (C=O) groups is 3. The van der Waals surface area contributed by atoms with Gasteiger partial charge in [0.2, 0.25) is 5.91 Å². The number of rotatable bonds is 5. The molecule has 2 atom stereocenters. The third-order valence-corrected chi connectivity index (χ3v) is 3.64. The minimum Gasteiger partial charge on any atom is -0.482 e. The molecule has 7 heteroatoms. The van der Waals surface area contributed by atoms with Gasteiger partial charge in [-0.05, 0) is 26.0 Å². The fraction of sp³-hybridized carbons (Fsp3) is 0.400. The third kappa shape index (κ3) is 3.36. The predicted octanol–water partition coefficient (Wildman–Crippen LogP) is 0.637. The first kappa shape index (κ1) is 15.8. The maximum Gasteiger partial charge on any atom is 0.308 e. The van der Waals surface area contributed by atoms with Crippen molar-refractivity contribution in [1.29, 1.82) is 0 Å². The summed E-state index contributed by atoms with van der Waals surface area (Å²) in [5.74, 6) is -1.88. The van der Waals surface area contributed by atoms with Gasteiger partial charge in [-0.3, -0.25) is 19.3 Å².